The molecule has 0 radical (unpaired) electrons. The highest BCUT2D eigenvalue weighted by molar-refractivity contribution is 6.01. The Morgan fingerprint density at radius 1 is 0.818 bits per heavy atom. The van der Waals surface area contributed by atoms with Crippen LogP contribution in [0.5, 0.6) is 0 Å². The number of fused-ring (bicyclic) bond motifs is 1. The summed E-state index contributed by atoms with van der Waals surface area (Å²) in [4.78, 5) is 27.9. The van der Waals surface area contributed by atoms with E-state index in [0.29, 0.717) is 6.54 Å². The van der Waals surface area contributed by atoms with Gasteiger partial charge in [-0.3, -0.25) is 9.69 Å². The van der Waals surface area contributed by atoms with Gasteiger partial charge in [-0.2, -0.15) is 0 Å². The molecule has 0 N–H and O–H groups in total. The van der Waals surface area contributed by atoms with E-state index in [1.165, 1.54) is 30.4 Å². The topological polar surface area (TPSA) is 42.4 Å². The molecule has 6 heteroatoms. The third-order valence-electron chi connectivity index (χ3n) is 8.86. The second-order valence-corrected chi connectivity index (χ2v) is 12.1. The molecule has 1 atom stereocenters. The Balaban J connectivity index is 1.42. The first-order valence-corrected chi connectivity index (χ1v) is 15.9. The van der Waals surface area contributed by atoms with E-state index in [-0.39, 0.29) is 12.1 Å². The number of rotatable bonds is 8. The van der Waals surface area contributed by atoms with Crippen LogP contribution < -0.4 is 4.90 Å². The van der Waals surface area contributed by atoms with Gasteiger partial charge in [0.15, 0.2) is 0 Å². The molecule has 2 heterocycles. The van der Waals surface area contributed by atoms with Gasteiger partial charge in [-0.05, 0) is 67.7 Å². The molecule has 0 saturated carbocycles. The average molecular weight is 586 g/mol. The number of likely N-dealkylation sites (N-methyl/N-ethyl adjacent to an activating group) is 1. The lowest BCUT2D eigenvalue weighted by Gasteiger charge is -2.46. The Labute approximate surface area is 262 Å². The van der Waals surface area contributed by atoms with Crippen molar-refractivity contribution < 1.29 is 4.79 Å². The number of amides is 1. The SMILES string of the molecule is CC(=O)N(Cc1ccc(C)cc1)C1c2ccccc2N=C(N(C)CCN2CCCCC2)N1c1ccc(-c2ccccc2)cc1. The maximum Gasteiger partial charge on any atom is 0.221 e. The molecule has 2 aliphatic heterocycles. The van der Waals surface area contributed by atoms with Gasteiger partial charge < -0.3 is 14.7 Å². The van der Waals surface area contributed by atoms with Crippen LogP contribution in [0.3, 0.4) is 0 Å². The lowest BCUT2D eigenvalue weighted by atomic mass is 10.0. The van der Waals surface area contributed by atoms with E-state index >= 15 is 0 Å². The zero-order valence-corrected chi connectivity index (χ0v) is 26.2. The van der Waals surface area contributed by atoms with Crippen molar-refractivity contribution in [1.29, 1.82) is 0 Å². The fraction of sp³-hybridized carbons (Fsp3) is 0.316. The molecule has 6 rings (SSSR count). The maximum absolute atomic E-state index is 13.6. The zero-order valence-electron chi connectivity index (χ0n) is 26.2. The van der Waals surface area contributed by atoms with E-state index in [1.807, 2.05) is 23.1 Å². The Hall–Kier alpha value is -4.42. The summed E-state index contributed by atoms with van der Waals surface area (Å²) >= 11 is 0. The number of carbonyl (C=O) groups is 1. The van der Waals surface area contributed by atoms with Crippen molar-refractivity contribution in [2.24, 2.45) is 4.99 Å². The molecule has 1 unspecified atom stereocenters. The fourth-order valence-electron chi connectivity index (χ4n) is 6.33. The molecular weight excluding hydrogens is 542 g/mol. The molecule has 4 aromatic rings. The van der Waals surface area contributed by atoms with Crippen molar-refractivity contribution in [2.75, 3.05) is 38.1 Å². The number of guanidine groups is 1. The number of para-hydroxylation sites is 1. The summed E-state index contributed by atoms with van der Waals surface area (Å²) in [5.41, 5.74) is 7.57. The molecule has 4 aromatic carbocycles. The van der Waals surface area contributed by atoms with Gasteiger partial charge in [0.05, 0.1) is 5.69 Å². The molecule has 6 nitrogen and oxygen atoms in total. The monoisotopic (exact) mass is 585 g/mol. The predicted molar refractivity (Wildman–Crippen MR) is 181 cm³/mol. The number of piperidine rings is 1. The first kappa shape index (κ1) is 29.6. The summed E-state index contributed by atoms with van der Waals surface area (Å²) in [5.74, 6) is 0.877. The Kier molecular flexibility index (Phi) is 9.08. The third kappa shape index (κ3) is 6.56. The van der Waals surface area contributed by atoms with Crippen molar-refractivity contribution >= 4 is 23.2 Å². The Bertz CT molecular complexity index is 1580. The van der Waals surface area contributed by atoms with Crippen molar-refractivity contribution in [3.05, 3.63) is 120 Å². The van der Waals surface area contributed by atoms with Crippen LogP contribution in [0.1, 0.15) is 49.0 Å². The van der Waals surface area contributed by atoms with Crippen molar-refractivity contribution in [3.63, 3.8) is 0 Å². The van der Waals surface area contributed by atoms with Crippen LogP contribution in [-0.2, 0) is 11.3 Å². The number of aryl methyl sites for hydroxylation is 1. The van der Waals surface area contributed by atoms with Gasteiger partial charge in [-0.15, -0.1) is 0 Å². The van der Waals surface area contributed by atoms with Crippen LogP contribution in [0.2, 0.25) is 0 Å². The zero-order chi connectivity index (χ0) is 30.5. The van der Waals surface area contributed by atoms with Crippen LogP contribution in [0.25, 0.3) is 11.1 Å². The summed E-state index contributed by atoms with van der Waals surface area (Å²) in [6.45, 7) is 8.42. The van der Waals surface area contributed by atoms with Crippen LogP contribution >= 0.6 is 0 Å². The van der Waals surface area contributed by atoms with E-state index in [2.05, 4.69) is 114 Å². The maximum atomic E-state index is 13.6. The predicted octanol–water partition coefficient (Wildman–Crippen LogP) is 7.63. The lowest BCUT2D eigenvalue weighted by Crippen LogP contribution is -2.53. The normalized spacial score (nSPS) is 16.7. The summed E-state index contributed by atoms with van der Waals surface area (Å²) in [6, 6.07) is 35.9. The largest absolute Gasteiger partial charge is 0.344 e. The standard InChI is InChI=1S/C38H43N5O/c1-29-16-18-31(19-17-29)28-42(30(2)44)37-35-14-8-9-15-36(35)39-38(40(3)26-27-41-24-10-5-11-25-41)43(37)34-22-20-33(21-23-34)32-12-6-4-7-13-32/h4,6-9,12-23,37H,5,10-11,24-28H2,1-3H3. The smallest absolute Gasteiger partial charge is 0.221 e. The number of hydrogen-bond acceptors (Lipinski definition) is 5. The van der Waals surface area contributed by atoms with Gasteiger partial charge in [0.1, 0.15) is 6.17 Å². The van der Waals surface area contributed by atoms with Crippen molar-refractivity contribution in [3.8, 4) is 11.1 Å². The van der Waals surface area contributed by atoms with E-state index in [9.17, 15) is 4.79 Å². The van der Waals surface area contributed by atoms with Gasteiger partial charge in [-0.25, -0.2) is 4.99 Å². The van der Waals surface area contributed by atoms with E-state index in [1.54, 1.807) is 6.92 Å². The van der Waals surface area contributed by atoms with Crippen LogP contribution in [0.4, 0.5) is 11.4 Å². The highest BCUT2D eigenvalue weighted by Crippen LogP contribution is 2.41. The van der Waals surface area contributed by atoms with Gasteiger partial charge in [0.25, 0.3) is 0 Å². The molecule has 0 bridgehead atoms. The summed E-state index contributed by atoms with van der Waals surface area (Å²) in [7, 11) is 2.14. The van der Waals surface area contributed by atoms with Crippen LogP contribution in [-0.4, -0.2) is 59.8 Å². The number of carbonyl (C=O) groups excluding carboxylic acids is 1. The fourth-order valence-corrected chi connectivity index (χ4v) is 6.33. The van der Waals surface area contributed by atoms with Crippen LogP contribution in [0.15, 0.2) is 108 Å². The van der Waals surface area contributed by atoms with Gasteiger partial charge in [0, 0.05) is 44.9 Å². The third-order valence-corrected chi connectivity index (χ3v) is 8.86. The first-order valence-electron chi connectivity index (χ1n) is 15.9. The minimum atomic E-state index is -0.363. The molecule has 0 aromatic heterocycles. The molecular formula is C38H43N5O. The number of benzene rings is 4. The molecule has 1 amide bonds. The molecule has 2 aliphatic rings. The van der Waals surface area contributed by atoms with E-state index < -0.39 is 0 Å². The Morgan fingerprint density at radius 2 is 1.48 bits per heavy atom. The summed E-state index contributed by atoms with van der Waals surface area (Å²) in [6.07, 6.45) is 3.50. The second-order valence-electron chi connectivity index (χ2n) is 12.1. The second kappa shape index (κ2) is 13.5. The number of likely N-dealkylation sites (tertiary alicyclic amines) is 1. The highest BCUT2D eigenvalue weighted by Gasteiger charge is 2.38. The molecule has 226 valence electrons. The minimum Gasteiger partial charge on any atom is -0.344 e. The van der Waals surface area contributed by atoms with E-state index in [4.69, 9.17) is 4.99 Å². The molecule has 0 aliphatic carbocycles. The molecule has 1 saturated heterocycles. The number of anilines is 1. The van der Waals surface area contributed by atoms with Gasteiger partial charge in [0.2, 0.25) is 11.9 Å². The lowest BCUT2D eigenvalue weighted by molar-refractivity contribution is -0.131. The molecule has 44 heavy (non-hydrogen) atoms. The van der Waals surface area contributed by atoms with Crippen molar-refractivity contribution in [2.45, 2.75) is 45.8 Å². The molecule has 1 fully saturated rings. The average Bonchev–Trinajstić information content (AvgIpc) is 3.07. The first-order chi connectivity index (χ1) is 21.5. The quantitative estimate of drug-likeness (QED) is 0.213. The highest BCUT2D eigenvalue weighted by atomic mass is 16.2. The molecule has 0 spiro atoms. The van der Waals surface area contributed by atoms with Gasteiger partial charge in [-0.1, -0.05) is 96.9 Å². The van der Waals surface area contributed by atoms with Crippen LogP contribution in [0, 0.1) is 6.92 Å². The number of aliphatic imine (C=N–C) groups is 1. The van der Waals surface area contributed by atoms with E-state index in [0.717, 1.165) is 60.2 Å². The minimum absolute atomic E-state index is 0.0218. The Morgan fingerprint density at radius 3 is 2.18 bits per heavy atom. The van der Waals surface area contributed by atoms with Crippen molar-refractivity contribution in [1.82, 2.24) is 14.7 Å². The van der Waals surface area contributed by atoms with Gasteiger partial charge >= 0.3 is 0 Å². The number of hydrogen-bond donors (Lipinski definition) is 0. The number of nitrogens with zero attached hydrogens (tertiary/aromatic N) is 5. The summed E-state index contributed by atoms with van der Waals surface area (Å²) in [5, 5.41) is 0. The summed E-state index contributed by atoms with van der Waals surface area (Å²) < 4.78 is 0.